The second kappa shape index (κ2) is 8.62. The van der Waals surface area contributed by atoms with E-state index in [9.17, 15) is 4.39 Å². The number of likely N-dealkylation sites (N-methyl/N-ethyl adjacent to an activating group) is 1. The van der Waals surface area contributed by atoms with Gasteiger partial charge < -0.3 is 10.1 Å². The molecular weight excluding hydrogens is 297 g/mol. The molecule has 0 saturated heterocycles. The molecule has 0 radical (unpaired) electrons. The summed E-state index contributed by atoms with van der Waals surface area (Å²) in [6.07, 6.45) is 1.76. The van der Waals surface area contributed by atoms with E-state index in [1.54, 1.807) is 6.07 Å². The van der Waals surface area contributed by atoms with Gasteiger partial charge in [-0.2, -0.15) is 0 Å². The van der Waals surface area contributed by atoms with Crippen LogP contribution in [0.15, 0.2) is 22.7 Å². The van der Waals surface area contributed by atoms with Crippen LogP contribution in [0, 0.1) is 5.82 Å². The Bertz CT molecular complexity index is 339. The molecule has 0 heterocycles. The molecular formula is C14H21BrFNO. The van der Waals surface area contributed by atoms with Crippen LogP contribution in [0.4, 0.5) is 4.39 Å². The summed E-state index contributed by atoms with van der Waals surface area (Å²) in [5, 5.41) is 3.41. The molecule has 0 aromatic heterocycles. The Balaban J connectivity index is 2.58. The predicted molar refractivity (Wildman–Crippen MR) is 76.4 cm³/mol. The van der Waals surface area contributed by atoms with Gasteiger partial charge in [0, 0.05) is 23.7 Å². The molecule has 0 aliphatic heterocycles. The summed E-state index contributed by atoms with van der Waals surface area (Å²) in [6.45, 7) is 6.46. The van der Waals surface area contributed by atoms with Gasteiger partial charge in [0.05, 0.1) is 0 Å². The van der Waals surface area contributed by atoms with Crippen molar-refractivity contribution in [2.75, 3.05) is 19.8 Å². The normalized spacial score (nSPS) is 12.7. The Labute approximate surface area is 117 Å². The van der Waals surface area contributed by atoms with Gasteiger partial charge in [-0.3, -0.25) is 0 Å². The van der Waals surface area contributed by atoms with Crippen LogP contribution in [0.2, 0.25) is 0 Å². The average molecular weight is 318 g/mol. The molecule has 0 aliphatic carbocycles. The van der Waals surface area contributed by atoms with Crippen LogP contribution in [-0.2, 0) is 11.2 Å². The maximum atomic E-state index is 13.3. The average Bonchev–Trinajstić information content (AvgIpc) is 2.28. The summed E-state index contributed by atoms with van der Waals surface area (Å²) < 4.78 is 19.5. The van der Waals surface area contributed by atoms with Crippen molar-refractivity contribution in [1.29, 1.82) is 0 Å². The molecule has 1 unspecified atom stereocenters. The molecule has 0 spiro atoms. The van der Waals surface area contributed by atoms with Crippen molar-refractivity contribution in [2.24, 2.45) is 0 Å². The molecule has 1 aromatic carbocycles. The van der Waals surface area contributed by atoms with Crippen LogP contribution < -0.4 is 5.32 Å². The highest BCUT2D eigenvalue weighted by Gasteiger charge is 2.09. The van der Waals surface area contributed by atoms with E-state index in [0.29, 0.717) is 6.04 Å². The van der Waals surface area contributed by atoms with E-state index in [4.69, 9.17) is 4.74 Å². The van der Waals surface area contributed by atoms with Crippen LogP contribution in [0.5, 0.6) is 0 Å². The number of benzene rings is 1. The molecule has 0 amide bonds. The minimum Gasteiger partial charge on any atom is -0.382 e. The lowest BCUT2D eigenvalue weighted by molar-refractivity contribution is 0.136. The molecule has 2 nitrogen and oxygen atoms in total. The smallest absolute Gasteiger partial charge is 0.124 e. The fraction of sp³-hybridized carbons (Fsp3) is 0.571. The quantitative estimate of drug-likeness (QED) is 0.740. The lowest BCUT2D eigenvalue weighted by atomic mass is 10.0. The molecule has 1 atom stereocenters. The third-order valence-corrected chi connectivity index (χ3v) is 3.17. The molecule has 0 aliphatic rings. The van der Waals surface area contributed by atoms with Gasteiger partial charge >= 0.3 is 0 Å². The number of halogens is 2. The summed E-state index contributed by atoms with van der Waals surface area (Å²) in [4.78, 5) is 0. The highest BCUT2D eigenvalue weighted by atomic mass is 79.9. The molecule has 0 saturated carbocycles. The van der Waals surface area contributed by atoms with Crippen LogP contribution >= 0.6 is 15.9 Å². The molecule has 102 valence electrons. The Morgan fingerprint density at radius 3 is 2.72 bits per heavy atom. The summed E-state index contributed by atoms with van der Waals surface area (Å²) in [6, 6.07) is 5.37. The zero-order chi connectivity index (χ0) is 13.4. The monoisotopic (exact) mass is 317 g/mol. The topological polar surface area (TPSA) is 21.3 Å². The van der Waals surface area contributed by atoms with Crippen molar-refractivity contribution in [1.82, 2.24) is 5.32 Å². The minimum absolute atomic E-state index is 0.195. The molecule has 1 rings (SSSR count). The van der Waals surface area contributed by atoms with Crippen molar-refractivity contribution < 1.29 is 9.13 Å². The summed E-state index contributed by atoms with van der Waals surface area (Å²) in [5.74, 6) is -0.195. The van der Waals surface area contributed by atoms with Crippen LogP contribution in [0.3, 0.4) is 0 Å². The van der Waals surface area contributed by atoms with Gasteiger partial charge in [-0.05, 0) is 50.1 Å². The SMILES string of the molecule is CCNC(CCOCC)Cc1cc(F)cc(Br)c1. The molecule has 1 aromatic rings. The van der Waals surface area contributed by atoms with E-state index in [-0.39, 0.29) is 5.82 Å². The van der Waals surface area contributed by atoms with Gasteiger partial charge in [-0.15, -0.1) is 0 Å². The van der Waals surface area contributed by atoms with E-state index >= 15 is 0 Å². The molecule has 0 fully saturated rings. The van der Waals surface area contributed by atoms with Gasteiger partial charge in [-0.25, -0.2) is 4.39 Å². The highest BCUT2D eigenvalue weighted by molar-refractivity contribution is 9.10. The fourth-order valence-corrected chi connectivity index (χ4v) is 2.46. The third-order valence-electron chi connectivity index (χ3n) is 2.71. The highest BCUT2D eigenvalue weighted by Crippen LogP contribution is 2.16. The second-order valence-electron chi connectivity index (χ2n) is 4.22. The number of hydrogen-bond acceptors (Lipinski definition) is 2. The van der Waals surface area contributed by atoms with Gasteiger partial charge in [-0.1, -0.05) is 22.9 Å². The van der Waals surface area contributed by atoms with Crippen molar-refractivity contribution in [3.63, 3.8) is 0 Å². The Morgan fingerprint density at radius 2 is 2.11 bits per heavy atom. The van der Waals surface area contributed by atoms with Gasteiger partial charge in [0.2, 0.25) is 0 Å². The lowest BCUT2D eigenvalue weighted by Crippen LogP contribution is -2.32. The first kappa shape index (κ1) is 15.6. The van der Waals surface area contributed by atoms with Gasteiger partial charge in [0.1, 0.15) is 5.82 Å². The Morgan fingerprint density at radius 1 is 1.33 bits per heavy atom. The maximum Gasteiger partial charge on any atom is 0.124 e. The van der Waals surface area contributed by atoms with E-state index in [1.807, 2.05) is 13.0 Å². The van der Waals surface area contributed by atoms with Crippen LogP contribution in [-0.4, -0.2) is 25.8 Å². The van der Waals surface area contributed by atoms with Crippen LogP contribution in [0.1, 0.15) is 25.8 Å². The van der Waals surface area contributed by atoms with Crippen LogP contribution in [0.25, 0.3) is 0 Å². The van der Waals surface area contributed by atoms with Crippen molar-refractivity contribution in [2.45, 2.75) is 32.7 Å². The number of rotatable bonds is 8. The number of nitrogens with one attached hydrogen (secondary N) is 1. The van der Waals surface area contributed by atoms with E-state index in [1.165, 1.54) is 6.07 Å². The molecule has 1 N–H and O–H groups in total. The van der Waals surface area contributed by atoms with E-state index in [2.05, 4.69) is 28.2 Å². The lowest BCUT2D eigenvalue weighted by Gasteiger charge is -2.18. The van der Waals surface area contributed by atoms with Crippen molar-refractivity contribution in [3.05, 3.63) is 34.1 Å². The van der Waals surface area contributed by atoms with Gasteiger partial charge in [0.25, 0.3) is 0 Å². The molecule has 4 heteroatoms. The summed E-state index contributed by atoms with van der Waals surface area (Å²) >= 11 is 3.32. The first-order chi connectivity index (χ1) is 8.65. The first-order valence-corrected chi connectivity index (χ1v) is 7.21. The van der Waals surface area contributed by atoms with Gasteiger partial charge in [0.15, 0.2) is 0 Å². The Hall–Kier alpha value is -0.450. The first-order valence-electron chi connectivity index (χ1n) is 6.41. The predicted octanol–water partition coefficient (Wildman–Crippen LogP) is 3.54. The maximum absolute atomic E-state index is 13.3. The number of hydrogen-bond donors (Lipinski definition) is 1. The molecule has 0 bridgehead atoms. The van der Waals surface area contributed by atoms with Crippen molar-refractivity contribution >= 4 is 15.9 Å². The zero-order valence-electron chi connectivity index (χ0n) is 11.0. The third kappa shape index (κ3) is 5.94. The summed E-state index contributed by atoms with van der Waals surface area (Å²) in [7, 11) is 0. The Kier molecular flexibility index (Phi) is 7.47. The minimum atomic E-state index is -0.195. The van der Waals surface area contributed by atoms with E-state index < -0.39 is 0 Å². The summed E-state index contributed by atoms with van der Waals surface area (Å²) in [5.41, 5.74) is 1.00. The zero-order valence-corrected chi connectivity index (χ0v) is 12.6. The standard InChI is InChI=1S/C14H21BrFNO/c1-3-17-14(5-6-18-4-2)9-11-7-12(15)10-13(16)8-11/h7-8,10,14,17H,3-6,9H2,1-2H3. The molecule has 18 heavy (non-hydrogen) atoms. The van der Waals surface area contributed by atoms with E-state index in [0.717, 1.165) is 42.6 Å². The fourth-order valence-electron chi connectivity index (χ4n) is 1.95. The largest absolute Gasteiger partial charge is 0.382 e. The second-order valence-corrected chi connectivity index (χ2v) is 5.14. The number of ether oxygens (including phenoxy) is 1. The van der Waals surface area contributed by atoms with Crippen molar-refractivity contribution in [3.8, 4) is 0 Å².